The first-order chi connectivity index (χ1) is 9.40. The number of anilines is 1. The van der Waals surface area contributed by atoms with E-state index in [9.17, 15) is 4.79 Å². The molecule has 0 aliphatic carbocycles. The molecule has 1 aromatic carbocycles. The number of hydrogen-bond donors (Lipinski definition) is 1. The third-order valence-corrected chi connectivity index (χ3v) is 2.85. The number of benzene rings is 1. The molecule has 1 aromatic rings. The van der Waals surface area contributed by atoms with Crippen LogP contribution in [0, 0.1) is 11.8 Å². The third kappa shape index (κ3) is 5.47. The standard InChI is InChI=1S/C17H25NO2/c1-13(2)11-18(12-14(3)4)16-8-6-5-7-15(16)9-10-17(19)20/h5-10,13-14H,11-12H2,1-4H3,(H,19,20). The average molecular weight is 275 g/mol. The fourth-order valence-corrected chi connectivity index (χ4v) is 2.23. The minimum atomic E-state index is -0.918. The van der Waals surface area contributed by atoms with Gasteiger partial charge < -0.3 is 10.0 Å². The third-order valence-electron chi connectivity index (χ3n) is 2.85. The van der Waals surface area contributed by atoms with Gasteiger partial charge in [0.2, 0.25) is 0 Å². The van der Waals surface area contributed by atoms with Crippen molar-refractivity contribution in [1.29, 1.82) is 0 Å². The lowest BCUT2D eigenvalue weighted by atomic mass is 10.1. The van der Waals surface area contributed by atoms with Crippen LogP contribution in [-0.2, 0) is 4.79 Å². The number of carboxylic acid groups (broad SMARTS) is 1. The minimum absolute atomic E-state index is 0.560. The highest BCUT2D eigenvalue weighted by atomic mass is 16.4. The van der Waals surface area contributed by atoms with Crippen molar-refractivity contribution in [1.82, 2.24) is 0 Å². The molecule has 3 nitrogen and oxygen atoms in total. The van der Waals surface area contributed by atoms with E-state index >= 15 is 0 Å². The van der Waals surface area contributed by atoms with Crippen molar-refractivity contribution < 1.29 is 9.90 Å². The van der Waals surface area contributed by atoms with Gasteiger partial charge in [0.25, 0.3) is 0 Å². The molecule has 0 saturated heterocycles. The van der Waals surface area contributed by atoms with Crippen LogP contribution in [-0.4, -0.2) is 24.2 Å². The number of rotatable bonds is 7. The molecule has 0 fully saturated rings. The highest BCUT2D eigenvalue weighted by Crippen LogP contribution is 2.24. The van der Waals surface area contributed by atoms with Gasteiger partial charge in [-0.25, -0.2) is 4.79 Å². The summed E-state index contributed by atoms with van der Waals surface area (Å²) in [5.74, 6) is 0.203. The molecular weight excluding hydrogens is 250 g/mol. The molecule has 0 saturated carbocycles. The van der Waals surface area contributed by atoms with Gasteiger partial charge in [0, 0.05) is 24.9 Å². The number of carboxylic acids is 1. The van der Waals surface area contributed by atoms with Gasteiger partial charge >= 0.3 is 5.97 Å². The number of carbonyl (C=O) groups is 1. The molecule has 1 rings (SSSR count). The molecule has 0 aliphatic rings. The number of hydrogen-bond acceptors (Lipinski definition) is 2. The summed E-state index contributed by atoms with van der Waals surface area (Å²) in [4.78, 5) is 13.1. The van der Waals surface area contributed by atoms with E-state index in [0.717, 1.165) is 24.3 Å². The Morgan fingerprint density at radius 3 is 2.20 bits per heavy atom. The van der Waals surface area contributed by atoms with Crippen LogP contribution in [0.1, 0.15) is 33.3 Å². The maximum Gasteiger partial charge on any atom is 0.328 e. The zero-order chi connectivity index (χ0) is 15.1. The lowest BCUT2D eigenvalue weighted by Gasteiger charge is -2.30. The maximum absolute atomic E-state index is 10.7. The van der Waals surface area contributed by atoms with E-state index < -0.39 is 5.97 Å². The van der Waals surface area contributed by atoms with Crippen LogP contribution in [0.4, 0.5) is 5.69 Å². The summed E-state index contributed by atoms with van der Waals surface area (Å²) in [6.07, 6.45) is 2.87. The number of nitrogens with zero attached hydrogens (tertiary/aromatic N) is 1. The van der Waals surface area contributed by atoms with E-state index in [1.54, 1.807) is 6.08 Å². The van der Waals surface area contributed by atoms with Crippen LogP contribution < -0.4 is 4.90 Å². The Morgan fingerprint density at radius 1 is 1.15 bits per heavy atom. The SMILES string of the molecule is CC(C)CN(CC(C)C)c1ccccc1C=CC(=O)O. The van der Waals surface area contributed by atoms with E-state index in [1.165, 1.54) is 6.08 Å². The Hall–Kier alpha value is -1.77. The van der Waals surface area contributed by atoms with Gasteiger partial charge in [-0.3, -0.25) is 0 Å². The second kappa shape index (κ2) is 7.73. The van der Waals surface area contributed by atoms with E-state index in [0.29, 0.717) is 11.8 Å². The normalized spacial score (nSPS) is 11.5. The zero-order valence-corrected chi connectivity index (χ0v) is 12.8. The van der Waals surface area contributed by atoms with Crippen LogP contribution >= 0.6 is 0 Å². The first-order valence-corrected chi connectivity index (χ1v) is 7.15. The van der Waals surface area contributed by atoms with Crippen LogP contribution in [0.25, 0.3) is 6.08 Å². The van der Waals surface area contributed by atoms with Gasteiger partial charge in [0.05, 0.1) is 0 Å². The lowest BCUT2D eigenvalue weighted by Crippen LogP contribution is -2.31. The van der Waals surface area contributed by atoms with Gasteiger partial charge in [-0.1, -0.05) is 45.9 Å². The van der Waals surface area contributed by atoms with Crippen LogP contribution in [0.3, 0.4) is 0 Å². The summed E-state index contributed by atoms with van der Waals surface area (Å²) in [5, 5.41) is 8.79. The van der Waals surface area contributed by atoms with E-state index in [-0.39, 0.29) is 0 Å². The van der Waals surface area contributed by atoms with Crippen molar-refractivity contribution >= 4 is 17.7 Å². The monoisotopic (exact) mass is 275 g/mol. The largest absolute Gasteiger partial charge is 0.478 e. The highest BCUT2D eigenvalue weighted by molar-refractivity contribution is 5.87. The van der Waals surface area contributed by atoms with Crippen LogP contribution in [0.5, 0.6) is 0 Å². The van der Waals surface area contributed by atoms with Crippen LogP contribution in [0.2, 0.25) is 0 Å². The topological polar surface area (TPSA) is 40.5 Å². The summed E-state index contributed by atoms with van der Waals surface area (Å²) in [7, 11) is 0. The van der Waals surface area contributed by atoms with Gasteiger partial charge in [-0.05, 0) is 29.5 Å². The summed E-state index contributed by atoms with van der Waals surface area (Å²) in [5.41, 5.74) is 2.06. The van der Waals surface area contributed by atoms with E-state index in [4.69, 9.17) is 5.11 Å². The van der Waals surface area contributed by atoms with Gasteiger partial charge in [0.1, 0.15) is 0 Å². The average Bonchev–Trinajstić information content (AvgIpc) is 2.34. The molecule has 1 N–H and O–H groups in total. The summed E-state index contributed by atoms with van der Waals surface area (Å²) < 4.78 is 0. The van der Waals surface area contributed by atoms with Gasteiger partial charge in [-0.15, -0.1) is 0 Å². The smallest absolute Gasteiger partial charge is 0.328 e. The van der Waals surface area contributed by atoms with Crippen molar-refractivity contribution in [3.8, 4) is 0 Å². The molecule has 0 bridgehead atoms. The van der Waals surface area contributed by atoms with Gasteiger partial charge in [-0.2, -0.15) is 0 Å². The van der Waals surface area contributed by atoms with Gasteiger partial charge in [0.15, 0.2) is 0 Å². The lowest BCUT2D eigenvalue weighted by molar-refractivity contribution is -0.131. The number of aliphatic carboxylic acids is 1. The Bertz CT molecular complexity index is 454. The minimum Gasteiger partial charge on any atom is -0.478 e. The fraction of sp³-hybridized carbons (Fsp3) is 0.471. The van der Waals surface area contributed by atoms with Crippen LogP contribution in [0.15, 0.2) is 30.3 Å². The second-order valence-electron chi connectivity index (χ2n) is 5.92. The highest BCUT2D eigenvalue weighted by Gasteiger charge is 2.12. The molecule has 0 radical (unpaired) electrons. The van der Waals surface area contributed by atoms with Crippen molar-refractivity contribution in [2.45, 2.75) is 27.7 Å². The molecule has 0 amide bonds. The van der Waals surface area contributed by atoms with Crippen molar-refractivity contribution in [3.63, 3.8) is 0 Å². The first-order valence-electron chi connectivity index (χ1n) is 7.15. The first kappa shape index (κ1) is 16.3. The summed E-state index contributed by atoms with van der Waals surface area (Å²) in [6, 6.07) is 7.96. The second-order valence-corrected chi connectivity index (χ2v) is 5.92. The predicted molar refractivity (Wildman–Crippen MR) is 85.0 cm³/mol. The molecule has 3 heteroatoms. The molecule has 0 heterocycles. The summed E-state index contributed by atoms with van der Waals surface area (Å²) in [6.45, 7) is 10.7. The molecule has 0 spiro atoms. The Labute approximate surface area is 121 Å². The molecule has 0 aliphatic heterocycles. The van der Waals surface area contributed by atoms with E-state index in [2.05, 4.69) is 38.7 Å². The Morgan fingerprint density at radius 2 is 1.70 bits per heavy atom. The number of para-hydroxylation sites is 1. The summed E-state index contributed by atoms with van der Waals surface area (Å²) >= 11 is 0. The van der Waals surface area contributed by atoms with E-state index in [1.807, 2.05) is 18.2 Å². The fourth-order valence-electron chi connectivity index (χ4n) is 2.23. The predicted octanol–water partition coefficient (Wildman–Crippen LogP) is 3.90. The molecule has 0 unspecified atom stereocenters. The zero-order valence-electron chi connectivity index (χ0n) is 12.8. The quantitative estimate of drug-likeness (QED) is 0.767. The molecule has 110 valence electrons. The maximum atomic E-state index is 10.7. The molecule has 0 atom stereocenters. The molecule has 20 heavy (non-hydrogen) atoms. The molecular formula is C17H25NO2. The molecule has 0 aromatic heterocycles. The van der Waals surface area contributed by atoms with Crippen molar-refractivity contribution in [3.05, 3.63) is 35.9 Å². The van der Waals surface area contributed by atoms with Crippen molar-refractivity contribution in [2.24, 2.45) is 11.8 Å². The van der Waals surface area contributed by atoms with Crippen molar-refractivity contribution in [2.75, 3.05) is 18.0 Å². The Kier molecular flexibility index (Phi) is 6.29. The Balaban J connectivity index is 3.08.